The lowest BCUT2D eigenvalue weighted by Gasteiger charge is -2.40. The van der Waals surface area contributed by atoms with Gasteiger partial charge in [0.2, 0.25) is 0 Å². The molecule has 158 valence electrons. The average molecular weight is 429 g/mol. The van der Waals surface area contributed by atoms with Crippen molar-refractivity contribution in [1.29, 1.82) is 0 Å². The Morgan fingerprint density at radius 1 is 1.13 bits per heavy atom. The fraction of sp³-hybridized carbons (Fsp3) is 0.400. The average Bonchev–Trinajstić information content (AvgIpc) is 3.22. The minimum absolute atomic E-state index is 0.0599. The molecule has 9 nitrogen and oxygen atoms in total. The molecule has 0 bridgehead atoms. The third-order valence-corrected chi connectivity index (χ3v) is 8.57. The van der Waals surface area contributed by atoms with Crippen molar-refractivity contribution in [2.24, 2.45) is 5.92 Å². The number of carbonyl (C=O) groups is 1. The maximum absolute atomic E-state index is 13.4. The largest absolute Gasteiger partial charge is 0.325 e. The normalized spacial score (nSPS) is 16.0. The smallest absolute Gasteiger partial charge is 0.321 e. The maximum atomic E-state index is 13.4. The highest BCUT2D eigenvalue weighted by atomic mass is 32.2. The van der Waals surface area contributed by atoms with Gasteiger partial charge in [-0.15, -0.1) is 0 Å². The third kappa shape index (κ3) is 3.62. The summed E-state index contributed by atoms with van der Waals surface area (Å²) in [5.74, 6) is -0.0599. The fourth-order valence-electron chi connectivity index (χ4n) is 3.94. The van der Waals surface area contributed by atoms with Crippen molar-refractivity contribution in [1.82, 2.24) is 24.7 Å². The molecule has 0 aliphatic carbocycles. The number of fused-ring (bicyclic) bond motifs is 1. The van der Waals surface area contributed by atoms with Crippen LogP contribution < -0.4 is 5.32 Å². The van der Waals surface area contributed by atoms with Gasteiger partial charge in [-0.2, -0.15) is 15.3 Å². The van der Waals surface area contributed by atoms with Crippen molar-refractivity contribution >= 4 is 27.1 Å². The van der Waals surface area contributed by atoms with Gasteiger partial charge < -0.3 is 10.2 Å². The Morgan fingerprint density at radius 2 is 1.90 bits per heavy atom. The van der Waals surface area contributed by atoms with Crippen molar-refractivity contribution in [3.05, 3.63) is 49.1 Å². The Morgan fingerprint density at radius 3 is 2.60 bits per heavy atom. The Hall–Kier alpha value is -3.01. The monoisotopic (exact) mass is 428 g/mol. The number of aromatic nitrogens is 4. The van der Waals surface area contributed by atoms with E-state index in [1.807, 2.05) is 0 Å². The summed E-state index contributed by atoms with van der Waals surface area (Å²) in [5.41, 5.74) is 1.32. The number of hydrogen-bond acceptors (Lipinski definition) is 6. The van der Waals surface area contributed by atoms with Gasteiger partial charge in [0.15, 0.2) is 9.84 Å². The molecule has 10 heteroatoms. The molecule has 1 fully saturated rings. The first kappa shape index (κ1) is 20.3. The second-order valence-corrected chi connectivity index (χ2v) is 10.5. The summed E-state index contributed by atoms with van der Waals surface area (Å²) in [6.45, 7) is 4.56. The van der Waals surface area contributed by atoms with Crippen LogP contribution in [0.4, 0.5) is 10.5 Å². The summed E-state index contributed by atoms with van der Waals surface area (Å²) < 4.78 is 27.6. The molecule has 1 aliphatic heterocycles. The lowest BCUT2D eigenvalue weighted by Crippen LogP contribution is -2.48. The van der Waals surface area contributed by atoms with Gasteiger partial charge in [-0.1, -0.05) is 0 Å². The molecule has 0 aromatic carbocycles. The van der Waals surface area contributed by atoms with Crippen molar-refractivity contribution in [3.63, 3.8) is 0 Å². The Labute approximate surface area is 175 Å². The van der Waals surface area contributed by atoms with Gasteiger partial charge in [-0.25, -0.2) is 17.7 Å². The molecule has 1 aliphatic rings. The van der Waals surface area contributed by atoms with Crippen LogP contribution in [0.1, 0.15) is 26.7 Å². The molecular formula is C20H24N6O3S. The van der Waals surface area contributed by atoms with Crippen LogP contribution in [0.25, 0.3) is 5.52 Å². The van der Waals surface area contributed by atoms with Crippen molar-refractivity contribution in [3.8, 4) is 0 Å². The summed E-state index contributed by atoms with van der Waals surface area (Å²) in [6, 6.07) is 6.50. The van der Waals surface area contributed by atoms with E-state index in [4.69, 9.17) is 0 Å². The third-order valence-electron chi connectivity index (χ3n) is 5.97. The first-order chi connectivity index (χ1) is 14.3. The first-order valence-corrected chi connectivity index (χ1v) is 11.3. The quantitative estimate of drug-likeness (QED) is 0.684. The predicted octanol–water partition coefficient (Wildman–Crippen LogP) is 2.62. The topological polar surface area (TPSA) is 110 Å². The number of amides is 2. The van der Waals surface area contributed by atoms with Crippen molar-refractivity contribution < 1.29 is 13.2 Å². The fourth-order valence-corrected chi connectivity index (χ4v) is 5.73. The number of carbonyl (C=O) groups excluding carboxylic acids is 1. The highest BCUT2D eigenvalue weighted by Gasteiger charge is 2.44. The Bertz CT molecular complexity index is 1150. The lowest BCUT2D eigenvalue weighted by molar-refractivity contribution is 0.171. The molecule has 0 unspecified atom stereocenters. The van der Waals surface area contributed by atoms with E-state index >= 15 is 0 Å². The van der Waals surface area contributed by atoms with Gasteiger partial charge in [-0.3, -0.25) is 0 Å². The summed E-state index contributed by atoms with van der Waals surface area (Å²) in [5, 5.41) is 14.3. The van der Waals surface area contributed by atoms with Gasteiger partial charge in [0.05, 0.1) is 33.2 Å². The number of hydrogen-bond donors (Lipinski definition) is 1. The standard InChI is InChI=1S/C20H24N6O3S/c1-20(2,30(28,29)18-7-12-26-17(13-18)4-9-23-26)15-5-10-25(11-6-15)19(27)24-16-3-8-21-22-14-16/h3-4,7-9,12-15H,5-6,10-11H2,1-2H3,(H,21,24,27). The van der Waals surface area contributed by atoms with E-state index in [1.165, 1.54) is 12.4 Å². The van der Waals surface area contributed by atoms with E-state index in [9.17, 15) is 13.2 Å². The molecular weight excluding hydrogens is 404 g/mol. The van der Waals surface area contributed by atoms with Gasteiger partial charge >= 0.3 is 6.03 Å². The summed E-state index contributed by atoms with van der Waals surface area (Å²) in [7, 11) is -3.57. The molecule has 2 amide bonds. The molecule has 0 spiro atoms. The van der Waals surface area contributed by atoms with E-state index in [2.05, 4.69) is 20.6 Å². The number of nitrogens with zero attached hydrogens (tertiary/aromatic N) is 5. The minimum atomic E-state index is -3.57. The predicted molar refractivity (Wildman–Crippen MR) is 112 cm³/mol. The van der Waals surface area contributed by atoms with E-state index < -0.39 is 14.6 Å². The number of urea groups is 1. The molecule has 3 aromatic heterocycles. The second kappa shape index (κ2) is 7.67. The number of anilines is 1. The van der Waals surface area contributed by atoms with Crippen LogP contribution >= 0.6 is 0 Å². The van der Waals surface area contributed by atoms with Crippen molar-refractivity contribution in [2.45, 2.75) is 36.3 Å². The highest BCUT2D eigenvalue weighted by Crippen LogP contribution is 2.38. The van der Waals surface area contributed by atoms with Crippen LogP contribution in [-0.2, 0) is 9.84 Å². The van der Waals surface area contributed by atoms with Crippen molar-refractivity contribution in [2.75, 3.05) is 18.4 Å². The molecule has 0 atom stereocenters. The van der Waals surface area contributed by atoms with Gasteiger partial charge in [-0.05, 0) is 56.9 Å². The number of piperidine rings is 1. The lowest BCUT2D eigenvalue weighted by atomic mass is 9.86. The molecule has 0 radical (unpaired) electrons. The van der Waals surface area contributed by atoms with Crippen LogP contribution in [0.3, 0.4) is 0 Å². The molecule has 1 N–H and O–H groups in total. The highest BCUT2D eigenvalue weighted by molar-refractivity contribution is 7.92. The summed E-state index contributed by atoms with van der Waals surface area (Å²) in [4.78, 5) is 14.5. The zero-order valence-corrected chi connectivity index (χ0v) is 17.7. The van der Waals surface area contributed by atoms with Crippen LogP contribution in [0.2, 0.25) is 0 Å². The molecule has 4 heterocycles. The van der Waals surface area contributed by atoms with Crippen LogP contribution in [0, 0.1) is 5.92 Å². The van der Waals surface area contributed by atoms with Crippen LogP contribution in [0.5, 0.6) is 0 Å². The maximum Gasteiger partial charge on any atom is 0.321 e. The Kier molecular flexibility index (Phi) is 5.19. The zero-order valence-electron chi connectivity index (χ0n) is 16.9. The van der Waals surface area contributed by atoms with E-state index in [-0.39, 0.29) is 11.9 Å². The number of sulfone groups is 1. The van der Waals surface area contributed by atoms with E-state index in [0.29, 0.717) is 36.5 Å². The number of pyridine rings is 1. The van der Waals surface area contributed by atoms with Gasteiger partial charge in [0.25, 0.3) is 0 Å². The zero-order chi connectivity index (χ0) is 21.4. The molecule has 3 aromatic rings. The number of rotatable bonds is 4. The van der Waals surface area contributed by atoms with Crippen LogP contribution in [0.15, 0.2) is 53.9 Å². The summed E-state index contributed by atoms with van der Waals surface area (Å²) in [6.07, 6.45) is 7.53. The molecule has 1 saturated heterocycles. The van der Waals surface area contributed by atoms with Gasteiger partial charge in [0.1, 0.15) is 0 Å². The van der Waals surface area contributed by atoms with E-state index in [0.717, 1.165) is 5.52 Å². The second-order valence-electron chi connectivity index (χ2n) is 7.99. The minimum Gasteiger partial charge on any atom is -0.325 e. The SMILES string of the molecule is CC(C)(C1CCN(C(=O)Nc2ccnnc2)CC1)S(=O)(=O)c1ccn2nccc2c1. The molecule has 0 saturated carbocycles. The first-order valence-electron chi connectivity index (χ1n) is 9.80. The number of likely N-dealkylation sites (tertiary alicyclic amines) is 1. The van der Waals surface area contributed by atoms with E-state index in [1.54, 1.807) is 59.9 Å². The van der Waals surface area contributed by atoms with Crippen LogP contribution in [-0.4, -0.2) is 57.0 Å². The molecule has 30 heavy (non-hydrogen) atoms. The summed E-state index contributed by atoms with van der Waals surface area (Å²) >= 11 is 0. The Balaban J connectivity index is 1.45. The number of nitrogens with one attached hydrogen (secondary N) is 1. The van der Waals surface area contributed by atoms with Gasteiger partial charge in [0, 0.05) is 25.5 Å². The molecule has 4 rings (SSSR count).